The van der Waals surface area contributed by atoms with E-state index in [0.717, 1.165) is 31.5 Å². The first-order valence-electron chi connectivity index (χ1n) is 11.0. The Bertz CT molecular complexity index is 1060. The minimum Gasteiger partial charge on any atom is -0.386 e. The lowest BCUT2D eigenvalue weighted by atomic mass is 10.00. The first kappa shape index (κ1) is 26.8. The molecule has 0 aliphatic carbocycles. The number of rotatable bonds is 4. The standard InChI is InChI=1S/C13H17F3N4O2.C8H9F2NOS/c14-13(15,16)11-17-12(22-18-11)19-7-4-9(5-8-19)20-6-2-1-3-10(20)21;1-11-7-3-6(10)8(13(2)12)4-5(7)9/h9H,1-8H2;3-4,11H,1-2H3. The van der Waals surface area contributed by atoms with E-state index < -0.39 is 34.4 Å². The number of nitrogens with one attached hydrogen (secondary N) is 1. The van der Waals surface area contributed by atoms with Crippen LogP contribution in [0.25, 0.3) is 0 Å². The van der Waals surface area contributed by atoms with Gasteiger partial charge >= 0.3 is 12.2 Å². The lowest BCUT2D eigenvalue weighted by Crippen LogP contribution is -2.49. The third-order valence-electron chi connectivity index (χ3n) is 5.81. The summed E-state index contributed by atoms with van der Waals surface area (Å²) < 4.78 is 79.1. The van der Waals surface area contributed by atoms with Crippen molar-refractivity contribution < 1.29 is 35.5 Å². The summed E-state index contributed by atoms with van der Waals surface area (Å²) in [5, 5.41) is 5.45. The predicted molar refractivity (Wildman–Crippen MR) is 118 cm³/mol. The molecule has 0 spiro atoms. The van der Waals surface area contributed by atoms with Crippen LogP contribution in [0.4, 0.5) is 33.7 Å². The van der Waals surface area contributed by atoms with E-state index in [4.69, 9.17) is 4.52 Å². The van der Waals surface area contributed by atoms with Crippen molar-refractivity contribution in [2.45, 2.75) is 49.2 Å². The summed E-state index contributed by atoms with van der Waals surface area (Å²) in [6.45, 7) is 1.80. The average Bonchev–Trinajstić information content (AvgIpc) is 3.32. The van der Waals surface area contributed by atoms with Gasteiger partial charge in [-0.15, -0.1) is 0 Å². The molecule has 0 bridgehead atoms. The van der Waals surface area contributed by atoms with E-state index in [2.05, 4.69) is 15.5 Å². The number of nitrogens with zero attached hydrogens (tertiary/aromatic N) is 4. The minimum absolute atomic E-state index is 0.0618. The maximum absolute atomic E-state index is 13.1. The van der Waals surface area contributed by atoms with Crippen molar-refractivity contribution >= 4 is 28.4 Å². The number of halogens is 5. The quantitative estimate of drug-likeness (QED) is 0.610. The van der Waals surface area contributed by atoms with E-state index in [9.17, 15) is 31.0 Å². The topological polar surface area (TPSA) is 91.6 Å². The maximum Gasteiger partial charge on any atom is 0.455 e. The molecule has 2 aliphatic heterocycles. The molecule has 3 heterocycles. The van der Waals surface area contributed by atoms with Crippen LogP contribution in [0.2, 0.25) is 0 Å². The summed E-state index contributed by atoms with van der Waals surface area (Å²) in [5.74, 6) is -2.33. The summed E-state index contributed by atoms with van der Waals surface area (Å²) in [4.78, 5) is 18.7. The van der Waals surface area contributed by atoms with Gasteiger partial charge in [-0.1, -0.05) is 0 Å². The van der Waals surface area contributed by atoms with Gasteiger partial charge in [-0.2, -0.15) is 18.2 Å². The average molecular weight is 524 g/mol. The van der Waals surface area contributed by atoms with Gasteiger partial charge in [0.05, 0.1) is 21.4 Å². The number of anilines is 2. The van der Waals surface area contributed by atoms with E-state index in [1.54, 1.807) is 4.90 Å². The molecule has 35 heavy (non-hydrogen) atoms. The number of piperidine rings is 2. The van der Waals surface area contributed by atoms with Crippen molar-refractivity contribution in [2.75, 3.05) is 43.2 Å². The number of amides is 1. The smallest absolute Gasteiger partial charge is 0.386 e. The van der Waals surface area contributed by atoms with E-state index in [-0.39, 0.29) is 28.5 Å². The van der Waals surface area contributed by atoms with Crippen LogP contribution in [-0.2, 0) is 21.8 Å². The highest BCUT2D eigenvalue weighted by molar-refractivity contribution is 7.84. The molecule has 1 atom stereocenters. The van der Waals surface area contributed by atoms with Gasteiger partial charge in [0.15, 0.2) is 0 Å². The number of likely N-dealkylation sites (tertiary alicyclic amines) is 1. The third-order valence-corrected chi connectivity index (χ3v) is 6.74. The Kier molecular flexibility index (Phi) is 8.67. The van der Waals surface area contributed by atoms with Crippen molar-refractivity contribution in [3.63, 3.8) is 0 Å². The fourth-order valence-corrected chi connectivity index (χ4v) is 4.58. The molecule has 1 N–H and O–H groups in total. The molecule has 2 aliphatic rings. The molecule has 0 saturated carbocycles. The Labute approximate surface area is 201 Å². The fourth-order valence-electron chi connectivity index (χ4n) is 3.98. The molecule has 1 unspecified atom stereocenters. The summed E-state index contributed by atoms with van der Waals surface area (Å²) in [6, 6.07) is 1.99. The Morgan fingerprint density at radius 2 is 1.80 bits per heavy atom. The van der Waals surface area contributed by atoms with Crippen LogP contribution in [0, 0.1) is 11.6 Å². The molecule has 8 nitrogen and oxygen atoms in total. The Hall–Kier alpha value is -2.77. The zero-order valence-corrected chi connectivity index (χ0v) is 20.0. The number of hydrogen-bond donors (Lipinski definition) is 1. The number of aromatic nitrogens is 2. The minimum atomic E-state index is -4.60. The van der Waals surface area contributed by atoms with Crippen LogP contribution in [0.15, 0.2) is 21.6 Å². The molecule has 0 radical (unpaired) electrons. The van der Waals surface area contributed by atoms with Gasteiger partial charge in [-0.05, 0) is 36.9 Å². The summed E-state index contributed by atoms with van der Waals surface area (Å²) >= 11 is 0. The molecular weight excluding hydrogens is 497 g/mol. The van der Waals surface area contributed by atoms with E-state index >= 15 is 0 Å². The highest BCUT2D eigenvalue weighted by atomic mass is 32.2. The second-order valence-corrected chi connectivity index (χ2v) is 9.48. The molecule has 2 fully saturated rings. The van der Waals surface area contributed by atoms with Crippen LogP contribution in [0.5, 0.6) is 0 Å². The second kappa shape index (κ2) is 11.3. The lowest BCUT2D eigenvalue weighted by molar-refractivity contribution is -0.146. The first-order chi connectivity index (χ1) is 16.5. The summed E-state index contributed by atoms with van der Waals surface area (Å²) in [7, 11) is -0.0173. The van der Waals surface area contributed by atoms with Gasteiger partial charge in [0, 0.05) is 51.5 Å². The van der Waals surface area contributed by atoms with Gasteiger partial charge in [0.1, 0.15) is 11.6 Å². The summed E-state index contributed by atoms with van der Waals surface area (Å²) in [6.07, 6.45) is 0.669. The number of hydrogen-bond acceptors (Lipinski definition) is 7. The highest BCUT2D eigenvalue weighted by Crippen LogP contribution is 2.30. The first-order valence-corrected chi connectivity index (χ1v) is 12.5. The van der Waals surface area contributed by atoms with Crippen LogP contribution >= 0.6 is 0 Å². The molecule has 2 saturated heterocycles. The number of carbonyl (C=O) groups excluding carboxylic acids is 1. The molecule has 1 aromatic heterocycles. The SMILES string of the molecule is CNc1cc(F)c(S(C)=O)cc1F.O=C1CCCCN1C1CCN(c2nc(C(F)(F)F)no2)CC1. The van der Waals surface area contributed by atoms with Crippen molar-refractivity contribution in [2.24, 2.45) is 0 Å². The zero-order valence-electron chi connectivity index (χ0n) is 19.2. The molecule has 194 valence electrons. The van der Waals surface area contributed by atoms with Crippen molar-refractivity contribution in [3.05, 3.63) is 29.6 Å². The van der Waals surface area contributed by atoms with Crippen LogP contribution in [0.1, 0.15) is 37.9 Å². The van der Waals surface area contributed by atoms with Crippen molar-refractivity contribution in [3.8, 4) is 0 Å². The van der Waals surface area contributed by atoms with Crippen molar-refractivity contribution in [1.82, 2.24) is 15.0 Å². The number of carbonyl (C=O) groups is 1. The fraction of sp³-hybridized carbons (Fsp3) is 0.571. The van der Waals surface area contributed by atoms with E-state index in [1.165, 1.54) is 13.3 Å². The van der Waals surface area contributed by atoms with Gasteiger partial charge in [0.2, 0.25) is 5.91 Å². The van der Waals surface area contributed by atoms with Crippen LogP contribution in [-0.4, -0.2) is 64.1 Å². The molecule has 2 aromatic rings. The molecule has 14 heteroatoms. The molecular formula is C21H26F5N5O3S. The van der Waals surface area contributed by atoms with E-state index in [0.29, 0.717) is 32.4 Å². The van der Waals surface area contributed by atoms with Crippen LogP contribution < -0.4 is 10.2 Å². The Morgan fingerprint density at radius 3 is 2.34 bits per heavy atom. The number of benzene rings is 1. The Morgan fingerprint density at radius 1 is 1.11 bits per heavy atom. The van der Waals surface area contributed by atoms with Gasteiger partial charge < -0.3 is 19.6 Å². The largest absolute Gasteiger partial charge is 0.455 e. The third kappa shape index (κ3) is 6.67. The maximum atomic E-state index is 13.1. The van der Waals surface area contributed by atoms with Gasteiger partial charge in [0.25, 0.3) is 5.82 Å². The second-order valence-electron chi connectivity index (χ2n) is 8.13. The van der Waals surface area contributed by atoms with Gasteiger partial charge in [-0.25, -0.2) is 8.78 Å². The predicted octanol–water partition coefficient (Wildman–Crippen LogP) is 3.81. The van der Waals surface area contributed by atoms with Crippen molar-refractivity contribution in [1.29, 1.82) is 0 Å². The lowest BCUT2D eigenvalue weighted by Gasteiger charge is -2.39. The monoisotopic (exact) mass is 523 g/mol. The van der Waals surface area contributed by atoms with E-state index in [1.807, 2.05) is 4.90 Å². The molecule has 1 amide bonds. The molecule has 1 aromatic carbocycles. The normalized spacial score (nSPS) is 18.2. The van der Waals surface area contributed by atoms with Crippen LogP contribution in [0.3, 0.4) is 0 Å². The Balaban J connectivity index is 0.000000225. The number of alkyl halides is 3. The summed E-state index contributed by atoms with van der Waals surface area (Å²) in [5.41, 5.74) is 0.0618. The highest BCUT2D eigenvalue weighted by Gasteiger charge is 2.38. The zero-order chi connectivity index (χ0) is 25.8. The van der Waals surface area contributed by atoms with Gasteiger partial charge in [-0.3, -0.25) is 9.00 Å². The molecule has 4 rings (SSSR count).